The Bertz CT molecular complexity index is 1610. The molecule has 12 heteroatoms. The number of halogens is 2. The highest BCUT2D eigenvalue weighted by atomic mass is 32.2. The molecule has 0 saturated heterocycles. The van der Waals surface area contributed by atoms with Crippen LogP contribution in [-0.2, 0) is 11.0 Å². The molecule has 39 heavy (non-hydrogen) atoms. The van der Waals surface area contributed by atoms with E-state index in [1.54, 1.807) is 6.92 Å². The van der Waals surface area contributed by atoms with Crippen LogP contribution in [0.4, 0.5) is 14.5 Å². The summed E-state index contributed by atoms with van der Waals surface area (Å²) in [4.78, 5) is 21.9. The molecular formula is C27H21F2N5O4S. The molecule has 2 heterocycles. The second-order valence-electron chi connectivity index (χ2n) is 8.11. The van der Waals surface area contributed by atoms with E-state index >= 15 is 0 Å². The topological polar surface area (TPSA) is 140 Å². The van der Waals surface area contributed by atoms with E-state index in [9.17, 15) is 23.0 Å². The summed E-state index contributed by atoms with van der Waals surface area (Å²) >= 11 is 0. The molecule has 0 bridgehead atoms. The lowest BCUT2D eigenvalue weighted by Crippen LogP contribution is -2.17. The maximum absolute atomic E-state index is 13.6. The highest BCUT2D eigenvalue weighted by molar-refractivity contribution is 7.82. The average Bonchev–Trinajstić information content (AvgIpc) is 2.93. The van der Waals surface area contributed by atoms with Gasteiger partial charge in [0.05, 0.1) is 18.7 Å². The highest BCUT2D eigenvalue weighted by Crippen LogP contribution is 2.37. The van der Waals surface area contributed by atoms with Crippen LogP contribution in [0.15, 0.2) is 72.0 Å². The van der Waals surface area contributed by atoms with Crippen molar-refractivity contribution in [3.05, 3.63) is 89.2 Å². The van der Waals surface area contributed by atoms with Crippen LogP contribution in [0.1, 0.15) is 33.5 Å². The first-order chi connectivity index (χ1) is 18.7. The second-order valence-corrected chi connectivity index (χ2v) is 9.13. The standard InChI is InChI=1S/C27H21F2N5O4S/c1-15-20(17-4-6-18(7-5-17)25(28)29)14-33-27(38-21-8-3-16(13-30)11-22(21)37-2)24(15)26(35)34-19-9-10-32-23(12-19)39(31)36/h3-12,14,25H,31H2,1-2H3,(H,32,34,35)/t39-/m1/s1. The minimum atomic E-state index is -2.62. The van der Waals surface area contributed by atoms with Gasteiger partial charge in [0.25, 0.3) is 12.3 Å². The molecule has 1 amide bonds. The number of rotatable bonds is 8. The molecule has 0 saturated carbocycles. The number of nitrogens with zero attached hydrogens (tertiary/aromatic N) is 3. The summed E-state index contributed by atoms with van der Waals surface area (Å²) in [5, 5.41) is 17.4. The van der Waals surface area contributed by atoms with Gasteiger partial charge in [-0.05, 0) is 42.3 Å². The molecular weight excluding hydrogens is 528 g/mol. The molecule has 0 aliphatic heterocycles. The molecule has 0 aliphatic carbocycles. The van der Waals surface area contributed by atoms with Gasteiger partial charge in [0.2, 0.25) is 5.88 Å². The van der Waals surface area contributed by atoms with Gasteiger partial charge in [-0.25, -0.2) is 28.1 Å². The number of anilines is 1. The van der Waals surface area contributed by atoms with Gasteiger partial charge in [-0.2, -0.15) is 5.26 Å². The highest BCUT2D eigenvalue weighted by Gasteiger charge is 2.23. The number of aromatic nitrogens is 2. The third kappa shape index (κ3) is 6.06. The number of carbonyl (C=O) groups is 1. The van der Waals surface area contributed by atoms with E-state index in [2.05, 4.69) is 15.3 Å². The molecule has 2 aromatic heterocycles. The number of hydrogen-bond donors (Lipinski definition) is 2. The zero-order valence-corrected chi connectivity index (χ0v) is 21.5. The molecule has 0 radical (unpaired) electrons. The number of hydrogen-bond acceptors (Lipinski definition) is 7. The van der Waals surface area contributed by atoms with Crippen molar-refractivity contribution in [2.24, 2.45) is 5.14 Å². The van der Waals surface area contributed by atoms with Gasteiger partial charge in [-0.15, -0.1) is 0 Å². The summed E-state index contributed by atoms with van der Waals surface area (Å²) in [6.45, 7) is 1.67. The van der Waals surface area contributed by atoms with Crippen molar-refractivity contribution < 1.29 is 27.3 Å². The predicted octanol–water partition coefficient (Wildman–Crippen LogP) is 5.30. The minimum absolute atomic E-state index is 0.0454. The number of pyridine rings is 2. The third-order valence-electron chi connectivity index (χ3n) is 5.70. The lowest BCUT2D eigenvalue weighted by atomic mass is 9.97. The van der Waals surface area contributed by atoms with E-state index in [1.165, 1.54) is 74.1 Å². The Labute approximate surface area is 224 Å². The molecule has 4 rings (SSSR count). The SMILES string of the molecule is COc1cc(C#N)ccc1Oc1ncc(-c2ccc(C(F)F)cc2)c(C)c1C(=O)Nc1ccnc([S@](N)=O)c1. The summed E-state index contributed by atoms with van der Waals surface area (Å²) in [5.74, 6) is -0.238. The zero-order chi connectivity index (χ0) is 28.1. The first-order valence-electron chi connectivity index (χ1n) is 11.3. The smallest absolute Gasteiger partial charge is 0.263 e. The Balaban J connectivity index is 1.80. The Kier molecular flexibility index (Phi) is 8.24. The van der Waals surface area contributed by atoms with Crippen LogP contribution >= 0.6 is 0 Å². The van der Waals surface area contributed by atoms with Crippen LogP contribution in [0, 0.1) is 18.3 Å². The van der Waals surface area contributed by atoms with E-state index < -0.39 is 23.3 Å². The van der Waals surface area contributed by atoms with Crippen molar-refractivity contribution in [2.75, 3.05) is 12.4 Å². The zero-order valence-electron chi connectivity index (χ0n) is 20.6. The maximum atomic E-state index is 13.6. The number of benzene rings is 2. The van der Waals surface area contributed by atoms with Gasteiger partial charge in [0.1, 0.15) is 21.6 Å². The maximum Gasteiger partial charge on any atom is 0.263 e. The van der Waals surface area contributed by atoms with Crippen molar-refractivity contribution >= 4 is 22.6 Å². The molecule has 0 unspecified atom stereocenters. The summed E-state index contributed by atoms with van der Waals surface area (Å²) in [7, 11) is -0.457. The molecule has 1 atom stereocenters. The Hall–Kier alpha value is -4.73. The number of carbonyl (C=O) groups excluding carboxylic acids is 1. The largest absolute Gasteiger partial charge is 0.493 e. The van der Waals surface area contributed by atoms with Crippen molar-refractivity contribution in [1.29, 1.82) is 5.26 Å². The van der Waals surface area contributed by atoms with Gasteiger partial charge >= 0.3 is 0 Å². The third-order valence-corrected chi connectivity index (χ3v) is 6.34. The number of amides is 1. The van der Waals surface area contributed by atoms with E-state index in [0.29, 0.717) is 22.3 Å². The average molecular weight is 550 g/mol. The second kappa shape index (κ2) is 11.8. The number of nitriles is 1. The van der Waals surface area contributed by atoms with E-state index in [0.717, 1.165) is 0 Å². The van der Waals surface area contributed by atoms with Crippen LogP contribution < -0.4 is 19.9 Å². The molecule has 0 spiro atoms. The monoisotopic (exact) mass is 549 g/mol. The Morgan fingerprint density at radius 3 is 2.49 bits per heavy atom. The quantitative estimate of drug-likeness (QED) is 0.304. The fraction of sp³-hybridized carbons (Fsp3) is 0.111. The molecule has 9 nitrogen and oxygen atoms in total. The Morgan fingerprint density at radius 2 is 1.85 bits per heavy atom. The van der Waals surface area contributed by atoms with Gasteiger partial charge in [-0.1, -0.05) is 24.3 Å². The molecule has 3 N–H and O–H groups in total. The van der Waals surface area contributed by atoms with Crippen LogP contribution in [-0.4, -0.2) is 27.2 Å². The first-order valence-corrected chi connectivity index (χ1v) is 12.5. The van der Waals surface area contributed by atoms with Crippen molar-refractivity contribution in [1.82, 2.24) is 9.97 Å². The van der Waals surface area contributed by atoms with Crippen molar-refractivity contribution in [2.45, 2.75) is 18.4 Å². The summed E-state index contributed by atoms with van der Waals surface area (Å²) in [5.41, 5.74) is 2.05. The normalized spacial score (nSPS) is 11.5. The molecule has 198 valence electrons. The summed E-state index contributed by atoms with van der Waals surface area (Å²) in [6.07, 6.45) is 0.198. The number of nitrogens with one attached hydrogen (secondary N) is 1. The molecule has 2 aromatic carbocycles. The lowest BCUT2D eigenvalue weighted by Gasteiger charge is -2.17. The Morgan fingerprint density at radius 1 is 1.10 bits per heavy atom. The predicted molar refractivity (Wildman–Crippen MR) is 140 cm³/mol. The van der Waals surface area contributed by atoms with Crippen LogP contribution in [0.5, 0.6) is 17.4 Å². The van der Waals surface area contributed by atoms with Crippen molar-refractivity contribution in [3.8, 4) is 34.6 Å². The fourth-order valence-corrected chi connectivity index (χ4v) is 4.15. The van der Waals surface area contributed by atoms with Crippen LogP contribution in [0.2, 0.25) is 0 Å². The molecule has 0 aliphatic rings. The number of methoxy groups -OCH3 is 1. The number of alkyl halides is 2. The lowest BCUT2D eigenvalue weighted by molar-refractivity contribution is 0.102. The molecule has 4 aromatic rings. The first kappa shape index (κ1) is 27.3. The van der Waals surface area contributed by atoms with Gasteiger partial charge in [0.15, 0.2) is 11.5 Å². The molecule has 0 fully saturated rings. The number of ether oxygens (including phenoxy) is 2. The fourth-order valence-electron chi connectivity index (χ4n) is 3.74. The summed E-state index contributed by atoms with van der Waals surface area (Å²) < 4.78 is 49.1. The van der Waals surface area contributed by atoms with E-state index in [4.69, 9.17) is 14.6 Å². The van der Waals surface area contributed by atoms with Crippen molar-refractivity contribution in [3.63, 3.8) is 0 Å². The summed E-state index contributed by atoms with van der Waals surface area (Å²) in [6, 6.07) is 15.0. The van der Waals surface area contributed by atoms with Crippen LogP contribution in [0.3, 0.4) is 0 Å². The minimum Gasteiger partial charge on any atom is -0.493 e. The van der Waals surface area contributed by atoms with Gasteiger partial charge < -0.3 is 14.8 Å². The van der Waals surface area contributed by atoms with E-state index in [1.807, 2.05) is 6.07 Å². The van der Waals surface area contributed by atoms with Gasteiger partial charge in [0, 0.05) is 35.3 Å². The van der Waals surface area contributed by atoms with Crippen LogP contribution in [0.25, 0.3) is 11.1 Å². The van der Waals surface area contributed by atoms with E-state index in [-0.39, 0.29) is 39.2 Å². The van der Waals surface area contributed by atoms with Gasteiger partial charge in [-0.3, -0.25) is 4.79 Å². The number of nitrogens with two attached hydrogens (primary N) is 1.